The third-order valence-electron chi connectivity index (χ3n) is 6.07. The largest absolute Gasteiger partial charge is 0.493 e. The Balaban J connectivity index is 1.87. The Morgan fingerprint density at radius 1 is 0.958 bits per heavy atom. The summed E-state index contributed by atoms with van der Waals surface area (Å²) >= 11 is 0. The minimum absolute atomic E-state index is 0.259. The lowest BCUT2D eigenvalue weighted by molar-refractivity contribution is -0.126. The zero-order chi connectivity index (χ0) is 16.9. The Labute approximate surface area is 143 Å². The summed E-state index contributed by atoms with van der Waals surface area (Å²) in [7, 11) is 3.37. The Morgan fingerprint density at radius 2 is 1.71 bits per heavy atom. The van der Waals surface area contributed by atoms with Crippen molar-refractivity contribution in [1.82, 2.24) is 0 Å². The summed E-state index contributed by atoms with van der Waals surface area (Å²) < 4.78 is 11.0. The van der Waals surface area contributed by atoms with E-state index in [1.165, 1.54) is 27.8 Å². The molecule has 1 aromatic carbocycles. The SMILES string of the molecule is COc1cc2c(cc1OC)C1=C(CC2)C2=CCCC(=O)C2(C)CC1. The average molecular weight is 324 g/mol. The number of ether oxygens (including phenoxy) is 2. The standard InChI is InChI=1S/C21H24O3/c1-21-10-9-14-15(17(21)5-4-6-20(21)22)8-7-13-11-18(23-2)19(24-3)12-16(13)14/h5,11-12H,4,6-10H2,1-3H3. The van der Waals surface area contributed by atoms with Crippen molar-refractivity contribution >= 4 is 11.4 Å². The lowest BCUT2D eigenvalue weighted by Gasteiger charge is -2.42. The maximum absolute atomic E-state index is 12.6. The molecular weight excluding hydrogens is 300 g/mol. The smallest absolute Gasteiger partial charge is 0.161 e. The van der Waals surface area contributed by atoms with Crippen LogP contribution in [0.3, 0.4) is 0 Å². The first-order chi connectivity index (χ1) is 11.6. The molecule has 1 unspecified atom stereocenters. The van der Waals surface area contributed by atoms with Crippen molar-refractivity contribution in [2.45, 2.75) is 45.4 Å². The highest BCUT2D eigenvalue weighted by atomic mass is 16.5. The second-order valence-electron chi connectivity index (χ2n) is 7.23. The third kappa shape index (κ3) is 2.07. The maximum Gasteiger partial charge on any atom is 0.161 e. The monoisotopic (exact) mass is 324 g/mol. The Hall–Kier alpha value is -2.03. The summed E-state index contributed by atoms with van der Waals surface area (Å²) in [4.78, 5) is 12.6. The van der Waals surface area contributed by atoms with Gasteiger partial charge in [-0.05, 0) is 79.0 Å². The minimum Gasteiger partial charge on any atom is -0.493 e. The molecule has 0 N–H and O–H groups in total. The molecule has 0 aromatic heterocycles. The zero-order valence-electron chi connectivity index (χ0n) is 14.7. The molecule has 0 saturated heterocycles. The van der Waals surface area contributed by atoms with E-state index < -0.39 is 0 Å². The highest BCUT2D eigenvalue weighted by Gasteiger charge is 2.44. The van der Waals surface area contributed by atoms with Crippen LogP contribution in [-0.2, 0) is 11.2 Å². The molecule has 3 nitrogen and oxygen atoms in total. The third-order valence-corrected chi connectivity index (χ3v) is 6.07. The molecule has 3 aliphatic carbocycles. The Morgan fingerprint density at radius 3 is 2.46 bits per heavy atom. The fourth-order valence-corrected chi connectivity index (χ4v) is 4.67. The Kier molecular flexibility index (Phi) is 3.56. The van der Waals surface area contributed by atoms with Crippen LogP contribution in [0.4, 0.5) is 0 Å². The van der Waals surface area contributed by atoms with Gasteiger partial charge in [-0.2, -0.15) is 0 Å². The summed E-state index contributed by atoms with van der Waals surface area (Å²) in [6.45, 7) is 2.15. The van der Waals surface area contributed by atoms with Gasteiger partial charge in [0.25, 0.3) is 0 Å². The average Bonchev–Trinajstić information content (AvgIpc) is 2.61. The van der Waals surface area contributed by atoms with Gasteiger partial charge >= 0.3 is 0 Å². The van der Waals surface area contributed by atoms with Gasteiger partial charge in [0.1, 0.15) is 5.78 Å². The molecule has 0 amide bonds. The van der Waals surface area contributed by atoms with Crippen LogP contribution in [0.25, 0.3) is 5.57 Å². The van der Waals surface area contributed by atoms with Gasteiger partial charge in [-0.3, -0.25) is 4.79 Å². The summed E-state index contributed by atoms with van der Waals surface area (Å²) in [6.07, 6.45) is 7.82. The van der Waals surface area contributed by atoms with E-state index >= 15 is 0 Å². The first-order valence-electron chi connectivity index (χ1n) is 8.80. The molecule has 1 aromatic rings. The Bertz CT molecular complexity index is 785. The van der Waals surface area contributed by atoms with Crippen LogP contribution in [0.2, 0.25) is 0 Å². The van der Waals surface area contributed by atoms with Gasteiger partial charge in [0, 0.05) is 6.42 Å². The molecule has 3 aliphatic rings. The van der Waals surface area contributed by atoms with Crippen LogP contribution >= 0.6 is 0 Å². The van der Waals surface area contributed by atoms with Crippen molar-refractivity contribution in [3.8, 4) is 11.5 Å². The first kappa shape index (κ1) is 15.5. The summed E-state index contributed by atoms with van der Waals surface area (Å²) in [5, 5.41) is 0. The van der Waals surface area contributed by atoms with Gasteiger partial charge in [0.05, 0.1) is 19.6 Å². The number of aryl methyl sites for hydroxylation is 1. The van der Waals surface area contributed by atoms with E-state index in [1.807, 2.05) is 0 Å². The van der Waals surface area contributed by atoms with E-state index in [0.29, 0.717) is 12.2 Å². The van der Waals surface area contributed by atoms with Crippen molar-refractivity contribution in [3.63, 3.8) is 0 Å². The number of hydrogen-bond donors (Lipinski definition) is 0. The van der Waals surface area contributed by atoms with Crippen molar-refractivity contribution in [3.05, 3.63) is 40.5 Å². The quantitative estimate of drug-likeness (QED) is 0.804. The van der Waals surface area contributed by atoms with Crippen molar-refractivity contribution in [2.24, 2.45) is 5.41 Å². The van der Waals surface area contributed by atoms with E-state index in [1.54, 1.807) is 14.2 Å². The minimum atomic E-state index is -0.259. The summed E-state index contributed by atoms with van der Waals surface area (Å²) in [6, 6.07) is 4.24. The van der Waals surface area contributed by atoms with Crippen LogP contribution in [0.1, 0.15) is 50.2 Å². The fourth-order valence-electron chi connectivity index (χ4n) is 4.67. The van der Waals surface area contributed by atoms with Crippen LogP contribution in [0.5, 0.6) is 11.5 Å². The van der Waals surface area contributed by atoms with Gasteiger partial charge in [0.15, 0.2) is 11.5 Å². The van der Waals surface area contributed by atoms with E-state index in [-0.39, 0.29) is 5.41 Å². The number of allylic oxidation sites excluding steroid dienone is 4. The molecule has 24 heavy (non-hydrogen) atoms. The highest BCUT2D eigenvalue weighted by molar-refractivity contribution is 5.93. The predicted molar refractivity (Wildman–Crippen MR) is 94.5 cm³/mol. The maximum atomic E-state index is 12.6. The molecular formula is C21H24O3. The van der Waals surface area contributed by atoms with Gasteiger partial charge in [-0.25, -0.2) is 0 Å². The van der Waals surface area contributed by atoms with Gasteiger partial charge in [-0.15, -0.1) is 0 Å². The van der Waals surface area contributed by atoms with Gasteiger partial charge < -0.3 is 9.47 Å². The summed E-state index contributed by atoms with van der Waals surface area (Å²) in [5.41, 5.74) is 6.49. The van der Waals surface area contributed by atoms with Gasteiger partial charge in [0.2, 0.25) is 0 Å². The highest BCUT2D eigenvalue weighted by Crippen LogP contribution is 2.53. The van der Waals surface area contributed by atoms with E-state index in [0.717, 1.165) is 43.6 Å². The first-order valence-corrected chi connectivity index (χ1v) is 8.80. The molecule has 126 valence electrons. The molecule has 0 aliphatic heterocycles. The molecule has 0 fully saturated rings. The molecule has 0 heterocycles. The molecule has 0 bridgehead atoms. The molecule has 3 heteroatoms. The van der Waals surface area contributed by atoms with E-state index in [2.05, 4.69) is 25.1 Å². The number of ketones is 1. The number of carbonyl (C=O) groups excluding carboxylic acids is 1. The number of fused-ring (bicyclic) bond motifs is 4. The normalized spacial score (nSPS) is 25.5. The van der Waals surface area contributed by atoms with Crippen molar-refractivity contribution in [2.75, 3.05) is 14.2 Å². The second-order valence-corrected chi connectivity index (χ2v) is 7.23. The van der Waals surface area contributed by atoms with Crippen LogP contribution in [0.15, 0.2) is 29.4 Å². The van der Waals surface area contributed by atoms with E-state index in [4.69, 9.17) is 9.47 Å². The molecule has 0 spiro atoms. The van der Waals surface area contributed by atoms with Gasteiger partial charge in [-0.1, -0.05) is 6.08 Å². The van der Waals surface area contributed by atoms with Crippen LogP contribution < -0.4 is 9.47 Å². The van der Waals surface area contributed by atoms with Crippen LogP contribution in [0, 0.1) is 5.41 Å². The molecule has 4 rings (SSSR count). The zero-order valence-corrected chi connectivity index (χ0v) is 14.7. The number of hydrogen-bond acceptors (Lipinski definition) is 3. The molecule has 0 saturated carbocycles. The number of benzene rings is 1. The lowest BCUT2D eigenvalue weighted by Crippen LogP contribution is -2.36. The lowest BCUT2D eigenvalue weighted by atomic mass is 9.60. The number of methoxy groups -OCH3 is 2. The summed E-state index contributed by atoms with van der Waals surface area (Å²) in [5.74, 6) is 2.00. The predicted octanol–water partition coefficient (Wildman–Crippen LogP) is 4.49. The second kappa shape index (κ2) is 5.51. The van der Waals surface area contributed by atoms with Crippen molar-refractivity contribution in [1.29, 1.82) is 0 Å². The van der Waals surface area contributed by atoms with Crippen molar-refractivity contribution < 1.29 is 14.3 Å². The fraction of sp³-hybridized carbons (Fsp3) is 0.476. The molecule has 0 radical (unpaired) electrons. The number of Topliss-reactive ketones (excluding diaryl/α,β-unsaturated/α-hetero) is 1. The topological polar surface area (TPSA) is 35.5 Å². The number of rotatable bonds is 2. The van der Waals surface area contributed by atoms with Crippen LogP contribution in [-0.4, -0.2) is 20.0 Å². The number of carbonyl (C=O) groups is 1. The van der Waals surface area contributed by atoms with E-state index in [9.17, 15) is 4.79 Å². The molecule has 1 atom stereocenters.